The number of nitrogens with one attached hydrogen (secondary N) is 1. The molecule has 1 saturated heterocycles. The molecule has 0 spiro atoms. The molecular weight excluding hydrogens is 236 g/mol. The van der Waals surface area contributed by atoms with Gasteiger partial charge in [-0.2, -0.15) is 0 Å². The second-order valence-electron chi connectivity index (χ2n) is 5.83. The highest BCUT2D eigenvalue weighted by atomic mass is 16.5. The SMILES string of the molecule is COCC1(CN(C)c2ccccc2C)CCNCC1. The van der Waals surface area contributed by atoms with Crippen LogP contribution >= 0.6 is 0 Å². The van der Waals surface area contributed by atoms with Gasteiger partial charge in [0, 0.05) is 31.8 Å². The highest BCUT2D eigenvalue weighted by molar-refractivity contribution is 5.52. The van der Waals surface area contributed by atoms with Gasteiger partial charge in [-0.15, -0.1) is 0 Å². The zero-order valence-corrected chi connectivity index (χ0v) is 12.4. The lowest BCUT2D eigenvalue weighted by molar-refractivity contribution is 0.0596. The van der Waals surface area contributed by atoms with Crippen LogP contribution in [-0.4, -0.2) is 40.4 Å². The first-order valence-corrected chi connectivity index (χ1v) is 7.13. The van der Waals surface area contributed by atoms with E-state index in [0.717, 1.165) is 26.2 Å². The maximum atomic E-state index is 5.50. The van der Waals surface area contributed by atoms with Crippen LogP contribution in [0.5, 0.6) is 0 Å². The van der Waals surface area contributed by atoms with E-state index in [1.165, 1.54) is 24.1 Å². The predicted molar refractivity (Wildman–Crippen MR) is 80.9 cm³/mol. The highest BCUT2D eigenvalue weighted by Gasteiger charge is 2.33. The molecule has 3 nitrogen and oxygen atoms in total. The van der Waals surface area contributed by atoms with Crippen LogP contribution in [0, 0.1) is 12.3 Å². The summed E-state index contributed by atoms with van der Waals surface area (Å²) in [5.74, 6) is 0. The zero-order valence-electron chi connectivity index (χ0n) is 12.4. The van der Waals surface area contributed by atoms with Crippen molar-refractivity contribution >= 4 is 5.69 Å². The van der Waals surface area contributed by atoms with Crippen LogP contribution in [-0.2, 0) is 4.74 Å². The van der Waals surface area contributed by atoms with Crippen molar-refractivity contribution in [2.75, 3.05) is 45.3 Å². The number of hydrogen-bond acceptors (Lipinski definition) is 3. The quantitative estimate of drug-likeness (QED) is 0.882. The minimum Gasteiger partial charge on any atom is -0.384 e. The number of methoxy groups -OCH3 is 1. The van der Waals surface area contributed by atoms with Gasteiger partial charge in [0.05, 0.1) is 6.61 Å². The topological polar surface area (TPSA) is 24.5 Å². The van der Waals surface area contributed by atoms with E-state index in [1.54, 1.807) is 0 Å². The maximum Gasteiger partial charge on any atom is 0.0536 e. The van der Waals surface area contributed by atoms with Crippen molar-refractivity contribution in [3.8, 4) is 0 Å². The van der Waals surface area contributed by atoms with Gasteiger partial charge in [0.15, 0.2) is 0 Å². The standard InChI is InChI=1S/C16H26N2O/c1-14-6-4-5-7-15(14)18(2)12-16(13-19-3)8-10-17-11-9-16/h4-7,17H,8-13H2,1-3H3. The Bertz CT molecular complexity index is 394. The first kappa shape index (κ1) is 14.4. The minimum atomic E-state index is 0.289. The third-order valence-electron chi connectivity index (χ3n) is 4.21. The van der Waals surface area contributed by atoms with Crippen molar-refractivity contribution < 1.29 is 4.74 Å². The molecule has 0 aromatic heterocycles. The summed E-state index contributed by atoms with van der Waals surface area (Å²) in [6.45, 7) is 6.30. The van der Waals surface area contributed by atoms with Gasteiger partial charge in [0.1, 0.15) is 0 Å². The fourth-order valence-corrected chi connectivity index (χ4v) is 3.19. The van der Waals surface area contributed by atoms with Gasteiger partial charge in [0.25, 0.3) is 0 Å². The van der Waals surface area contributed by atoms with E-state index in [0.29, 0.717) is 0 Å². The third kappa shape index (κ3) is 3.48. The molecule has 1 fully saturated rings. The van der Waals surface area contributed by atoms with E-state index < -0.39 is 0 Å². The number of nitrogens with zero attached hydrogens (tertiary/aromatic N) is 1. The van der Waals surface area contributed by atoms with Crippen molar-refractivity contribution in [2.24, 2.45) is 5.41 Å². The zero-order chi connectivity index (χ0) is 13.7. The molecule has 1 aromatic rings. The molecule has 0 unspecified atom stereocenters. The summed E-state index contributed by atoms with van der Waals surface area (Å²) in [6, 6.07) is 8.60. The van der Waals surface area contributed by atoms with E-state index in [-0.39, 0.29) is 5.41 Å². The average Bonchev–Trinajstić information content (AvgIpc) is 2.40. The van der Waals surface area contributed by atoms with Crippen LogP contribution in [0.25, 0.3) is 0 Å². The second-order valence-corrected chi connectivity index (χ2v) is 5.83. The first-order chi connectivity index (χ1) is 9.17. The summed E-state index contributed by atoms with van der Waals surface area (Å²) >= 11 is 0. The fourth-order valence-electron chi connectivity index (χ4n) is 3.19. The normalized spacial score (nSPS) is 18.3. The molecule has 0 atom stereocenters. The van der Waals surface area contributed by atoms with E-state index in [4.69, 9.17) is 4.74 Å². The van der Waals surface area contributed by atoms with Gasteiger partial charge < -0.3 is 15.0 Å². The highest BCUT2D eigenvalue weighted by Crippen LogP contribution is 2.32. The van der Waals surface area contributed by atoms with Crippen molar-refractivity contribution in [3.63, 3.8) is 0 Å². The molecule has 1 heterocycles. The molecule has 106 valence electrons. The molecule has 0 saturated carbocycles. The van der Waals surface area contributed by atoms with Crippen LogP contribution in [0.15, 0.2) is 24.3 Å². The van der Waals surface area contributed by atoms with Gasteiger partial charge in [-0.05, 0) is 44.5 Å². The van der Waals surface area contributed by atoms with Crippen LogP contribution in [0.4, 0.5) is 5.69 Å². The van der Waals surface area contributed by atoms with Crippen molar-refractivity contribution in [1.29, 1.82) is 0 Å². The lowest BCUT2D eigenvalue weighted by atomic mass is 9.79. The van der Waals surface area contributed by atoms with Crippen molar-refractivity contribution in [2.45, 2.75) is 19.8 Å². The van der Waals surface area contributed by atoms with Crippen molar-refractivity contribution in [1.82, 2.24) is 5.32 Å². The molecule has 1 aromatic carbocycles. The molecule has 1 aliphatic rings. The summed E-state index contributed by atoms with van der Waals surface area (Å²) in [7, 11) is 4.01. The minimum absolute atomic E-state index is 0.289. The van der Waals surface area contributed by atoms with Crippen LogP contribution < -0.4 is 10.2 Å². The number of piperidine rings is 1. The largest absolute Gasteiger partial charge is 0.384 e. The Hall–Kier alpha value is -1.06. The number of aryl methyl sites for hydroxylation is 1. The molecule has 19 heavy (non-hydrogen) atoms. The summed E-state index contributed by atoms with van der Waals surface area (Å²) in [5.41, 5.74) is 2.96. The average molecular weight is 262 g/mol. The molecule has 3 heteroatoms. The predicted octanol–water partition coefficient (Wildman–Crippen LogP) is 2.45. The van der Waals surface area contributed by atoms with Gasteiger partial charge in [-0.3, -0.25) is 0 Å². The smallest absolute Gasteiger partial charge is 0.0536 e. The lowest BCUT2D eigenvalue weighted by Gasteiger charge is -2.40. The summed E-state index contributed by atoms with van der Waals surface area (Å²) < 4.78 is 5.50. The first-order valence-electron chi connectivity index (χ1n) is 7.13. The lowest BCUT2D eigenvalue weighted by Crippen LogP contribution is -2.46. The van der Waals surface area contributed by atoms with Crippen LogP contribution in [0.1, 0.15) is 18.4 Å². The number of para-hydroxylation sites is 1. The summed E-state index contributed by atoms with van der Waals surface area (Å²) in [6.07, 6.45) is 2.38. The molecule has 1 aliphatic heterocycles. The molecule has 2 rings (SSSR count). The Labute approximate surface area is 116 Å². The Morgan fingerprint density at radius 3 is 2.58 bits per heavy atom. The Kier molecular flexibility index (Phi) is 4.83. The fraction of sp³-hybridized carbons (Fsp3) is 0.625. The Balaban J connectivity index is 2.10. The van der Waals surface area contributed by atoms with E-state index >= 15 is 0 Å². The van der Waals surface area contributed by atoms with Crippen LogP contribution in [0.2, 0.25) is 0 Å². The van der Waals surface area contributed by atoms with Gasteiger partial charge in [0.2, 0.25) is 0 Å². The molecule has 0 amide bonds. The number of rotatable bonds is 5. The Morgan fingerprint density at radius 1 is 1.26 bits per heavy atom. The van der Waals surface area contributed by atoms with E-state index in [2.05, 4.69) is 48.5 Å². The summed E-state index contributed by atoms with van der Waals surface area (Å²) in [5, 5.41) is 3.45. The molecular formula is C16H26N2O. The van der Waals surface area contributed by atoms with Crippen molar-refractivity contribution in [3.05, 3.63) is 29.8 Å². The van der Waals surface area contributed by atoms with Gasteiger partial charge >= 0.3 is 0 Å². The number of anilines is 1. The van der Waals surface area contributed by atoms with Crippen LogP contribution in [0.3, 0.4) is 0 Å². The molecule has 0 bridgehead atoms. The monoisotopic (exact) mass is 262 g/mol. The maximum absolute atomic E-state index is 5.50. The summed E-state index contributed by atoms with van der Waals surface area (Å²) in [4.78, 5) is 2.39. The molecule has 0 radical (unpaired) electrons. The molecule has 0 aliphatic carbocycles. The number of ether oxygens (including phenoxy) is 1. The van der Waals surface area contributed by atoms with Gasteiger partial charge in [-0.1, -0.05) is 18.2 Å². The Morgan fingerprint density at radius 2 is 1.95 bits per heavy atom. The number of benzene rings is 1. The van der Waals surface area contributed by atoms with Gasteiger partial charge in [-0.25, -0.2) is 0 Å². The van der Waals surface area contributed by atoms with E-state index in [1.807, 2.05) is 7.11 Å². The van der Waals surface area contributed by atoms with E-state index in [9.17, 15) is 0 Å². The number of hydrogen-bond donors (Lipinski definition) is 1. The second kappa shape index (κ2) is 6.40. The third-order valence-corrected chi connectivity index (χ3v) is 4.21. The molecule has 1 N–H and O–H groups in total.